The van der Waals surface area contributed by atoms with Crippen LogP contribution in [0.25, 0.3) is 10.2 Å². The van der Waals surface area contributed by atoms with E-state index < -0.39 is 0 Å². The van der Waals surface area contributed by atoms with Crippen molar-refractivity contribution in [2.45, 2.75) is 25.9 Å². The van der Waals surface area contributed by atoms with E-state index in [9.17, 15) is 9.59 Å². The Kier molecular flexibility index (Phi) is 4.77. The number of aryl methyl sites for hydroxylation is 2. The maximum atomic E-state index is 13.1. The van der Waals surface area contributed by atoms with Crippen molar-refractivity contribution in [1.29, 1.82) is 0 Å². The van der Waals surface area contributed by atoms with E-state index in [4.69, 9.17) is 0 Å². The zero-order valence-electron chi connectivity index (χ0n) is 15.7. The lowest BCUT2D eigenvalue weighted by atomic mass is 10.1. The van der Waals surface area contributed by atoms with Crippen LogP contribution in [0.2, 0.25) is 0 Å². The van der Waals surface area contributed by atoms with E-state index in [2.05, 4.69) is 17.1 Å². The highest BCUT2D eigenvalue weighted by Crippen LogP contribution is 2.33. The van der Waals surface area contributed by atoms with Gasteiger partial charge in [-0.3, -0.25) is 14.2 Å². The molecule has 7 heteroatoms. The van der Waals surface area contributed by atoms with Gasteiger partial charge in [-0.25, -0.2) is 4.98 Å². The molecule has 4 heterocycles. The van der Waals surface area contributed by atoms with Gasteiger partial charge in [-0.2, -0.15) is 0 Å². The first-order valence-electron chi connectivity index (χ1n) is 9.57. The second-order valence-electron chi connectivity index (χ2n) is 7.12. The van der Waals surface area contributed by atoms with E-state index in [1.54, 1.807) is 22.2 Å². The van der Waals surface area contributed by atoms with Gasteiger partial charge in [-0.1, -0.05) is 36.4 Å². The Balaban J connectivity index is 1.42. The maximum absolute atomic E-state index is 13.1. The summed E-state index contributed by atoms with van der Waals surface area (Å²) >= 11 is 3.01. The topological polar surface area (TPSA) is 55.2 Å². The van der Waals surface area contributed by atoms with Crippen LogP contribution >= 0.6 is 22.7 Å². The highest BCUT2D eigenvalue weighted by molar-refractivity contribution is 7.18. The molecule has 0 atom stereocenters. The summed E-state index contributed by atoms with van der Waals surface area (Å²) in [5, 5.41) is 2.66. The summed E-state index contributed by atoms with van der Waals surface area (Å²) in [7, 11) is 0. The minimum atomic E-state index is 0.0291. The van der Waals surface area contributed by atoms with Crippen LogP contribution < -0.4 is 5.56 Å². The Morgan fingerprint density at radius 1 is 1.14 bits per heavy atom. The van der Waals surface area contributed by atoms with Gasteiger partial charge in [0.15, 0.2) is 0 Å². The molecular weight excluding hydrogens is 402 g/mol. The number of rotatable bonds is 4. The molecular formula is C22H19N3O2S2. The van der Waals surface area contributed by atoms with Crippen LogP contribution in [0.15, 0.2) is 59.0 Å². The summed E-state index contributed by atoms with van der Waals surface area (Å²) in [5.74, 6) is 0.0661. The van der Waals surface area contributed by atoms with E-state index in [0.29, 0.717) is 26.1 Å². The summed E-state index contributed by atoms with van der Waals surface area (Å²) in [4.78, 5) is 34.9. The Morgan fingerprint density at radius 3 is 2.79 bits per heavy atom. The first-order chi connectivity index (χ1) is 14.2. The summed E-state index contributed by atoms with van der Waals surface area (Å²) in [6.45, 7) is 1.80. The van der Waals surface area contributed by atoms with Gasteiger partial charge < -0.3 is 4.90 Å². The van der Waals surface area contributed by atoms with Crippen molar-refractivity contribution >= 4 is 38.8 Å². The number of nitrogens with zero attached hydrogens (tertiary/aromatic N) is 3. The third kappa shape index (κ3) is 3.41. The Labute approximate surface area is 175 Å². The zero-order valence-corrected chi connectivity index (χ0v) is 17.3. The number of carbonyl (C=O) groups excluding carboxylic acids is 1. The van der Waals surface area contributed by atoms with Crippen molar-refractivity contribution in [3.8, 4) is 0 Å². The molecule has 0 spiro atoms. The number of aromatic nitrogens is 2. The van der Waals surface area contributed by atoms with Crippen molar-refractivity contribution < 1.29 is 4.79 Å². The van der Waals surface area contributed by atoms with Crippen molar-refractivity contribution in [3.63, 3.8) is 0 Å². The number of carbonyl (C=O) groups is 1. The largest absolute Gasteiger partial charge is 0.332 e. The van der Waals surface area contributed by atoms with Crippen LogP contribution in [0.5, 0.6) is 0 Å². The van der Waals surface area contributed by atoms with Gasteiger partial charge in [0.05, 0.1) is 23.1 Å². The Hall–Kier alpha value is -2.77. The third-order valence-electron chi connectivity index (χ3n) is 5.33. The van der Waals surface area contributed by atoms with E-state index in [1.165, 1.54) is 16.9 Å². The molecule has 0 radical (unpaired) electrons. The predicted octanol–water partition coefficient (Wildman–Crippen LogP) is 3.96. The fourth-order valence-electron chi connectivity index (χ4n) is 3.80. The number of benzene rings is 1. The van der Waals surface area contributed by atoms with Crippen LogP contribution in [0.3, 0.4) is 0 Å². The molecule has 0 saturated heterocycles. The summed E-state index contributed by atoms with van der Waals surface area (Å²) in [5.41, 5.74) is 2.31. The molecule has 1 amide bonds. The van der Waals surface area contributed by atoms with Crippen LogP contribution in [0, 0.1) is 0 Å². The first kappa shape index (κ1) is 18.3. The normalized spacial score (nSPS) is 13.6. The number of amides is 1. The van der Waals surface area contributed by atoms with Crippen LogP contribution in [-0.4, -0.2) is 26.9 Å². The quantitative estimate of drug-likeness (QED) is 0.501. The van der Waals surface area contributed by atoms with Gasteiger partial charge in [0, 0.05) is 18.0 Å². The molecule has 0 N–H and O–H groups in total. The van der Waals surface area contributed by atoms with Crippen molar-refractivity contribution in [1.82, 2.24) is 14.5 Å². The second-order valence-corrected chi connectivity index (χ2v) is 9.15. The van der Waals surface area contributed by atoms with Gasteiger partial charge in [0.2, 0.25) is 0 Å². The van der Waals surface area contributed by atoms with Crippen molar-refractivity contribution in [3.05, 3.63) is 85.4 Å². The molecule has 0 fully saturated rings. The van der Waals surface area contributed by atoms with E-state index in [0.717, 1.165) is 32.0 Å². The van der Waals surface area contributed by atoms with Crippen LogP contribution in [0.4, 0.5) is 0 Å². The fourth-order valence-corrected chi connectivity index (χ4v) is 5.69. The smallest absolute Gasteiger partial charge is 0.264 e. The number of hydrogen-bond donors (Lipinski definition) is 0. The highest BCUT2D eigenvalue weighted by atomic mass is 32.1. The SMILES string of the molecule is O=C(c1cccs1)N1CCc2c(sc3ncn(CCc4ccccc4)c(=O)c23)C1. The summed E-state index contributed by atoms with van der Waals surface area (Å²) < 4.78 is 1.71. The molecule has 1 aromatic carbocycles. The number of hydrogen-bond acceptors (Lipinski definition) is 5. The van der Waals surface area contributed by atoms with Crippen LogP contribution in [0.1, 0.15) is 25.7 Å². The standard InChI is InChI=1S/C22H19N3O2S2/c26-21(17-7-4-12-28-17)24-11-9-16-18(13-24)29-20-19(16)22(27)25(14-23-20)10-8-15-5-2-1-3-6-15/h1-7,12,14H,8-11,13H2. The van der Waals surface area contributed by atoms with E-state index in [-0.39, 0.29) is 11.5 Å². The Morgan fingerprint density at radius 2 is 2.00 bits per heavy atom. The lowest BCUT2D eigenvalue weighted by molar-refractivity contribution is 0.0742. The van der Waals surface area contributed by atoms with Gasteiger partial charge in [0.1, 0.15) is 4.83 Å². The molecule has 5 nitrogen and oxygen atoms in total. The molecule has 0 bridgehead atoms. The molecule has 5 rings (SSSR count). The average molecular weight is 422 g/mol. The van der Waals surface area contributed by atoms with Crippen molar-refractivity contribution in [2.24, 2.45) is 0 Å². The van der Waals surface area contributed by atoms with E-state index in [1.807, 2.05) is 40.6 Å². The van der Waals surface area contributed by atoms with E-state index >= 15 is 0 Å². The lowest BCUT2D eigenvalue weighted by Crippen LogP contribution is -2.35. The summed E-state index contributed by atoms with van der Waals surface area (Å²) in [6, 6.07) is 13.9. The predicted molar refractivity (Wildman–Crippen MR) is 117 cm³/mol. The molecule has 1 aliphatic rings. The lowest BCUT2D eigenvalue weighted by Gasteiger charge is -2.26. The first-order valence-corrected chi connectivity index (χ1v) is 11.3. The fraction of sp³-hybridized carbons (Fsp3) is 0.227. The molecule has 3 aromatic heterocycles. The molecule has 146 valence electrons. The van der Waals surface area contributed by atoms with Crippen molar-refractivity contribution in [2.75, 3.05) is 6.54 Å². The molecule has 29 heavy (non-hydrogen) atoms. The van der Waals surface area contributed by atoms with Gasteiger partial charge in [-0.15, -0.1) is 22.7 Å². The molecule has 0 saturated carbocycles. The minimum absolute atomic E-state index is 0.0291. The maximum Gasteiger partial charge on any atom is 0.264 e. The number of fused-ring (bicyclic) bond motifs is 3. The average Bonchev–Trinajstić information content (AvgIpc) is 3.41. The molecule has 0 aliphatic carbocycles. The van der Waals surface area contributed by atoms with Gasteiger partial charge in [0.25, 0.3) is 11.5 Å². The third-order valence-corrected chi connectivity index (χ3v) is 7.31. The monoisotopic (exact) mass is 421 g/mol. The minimum Gasteiger partial charge on any atom is -0.332 e. The molecule has 4 aromatic rings. The Bertz CT molecular complexity index is 1230. The van der Waals surface area contributed by atoms with Gasteiger partial charge in [-0.05, 0) is 35.4 Å². The summed E-state index contributed by atoms with van der Waals surface area (Å²) in [6.07, 6.45) is 3.15. The number of thiophene rings is 2. The van der Waals surface area contributed by atoms with Gasteiger partial charge >= 0.3 is 0 Å². The zero-order chi connectivity index (χ0) is 19.8. The highest BCUT2D eigenvalue weighted by Gasteiger charge is 2.27. The van der Waals surface area contributed by atoms with Crippen LogP contribution in [-0.2, 0) is 25.9 Å². The molecule has 0 unspecified atom stereocenters. The molecule has 1 aliphatic heterocycles. The second kappa shape index (κ2) is 7.57.